The molecule has 1 aromatic rings. The largest absolute Gasteiger partial charge is 0.492 e. The van der Waals surface area contributed by atoms with E-state index in [-0.39, 0.29) is 0 Å². The Labute approximate surface area is 81.4 Å². The topological polar surface area (TPSA) is 52.3 Å². The number of nitrogens with two attached hydrogens (primary N) is 1. The first-order valence-electron chi connectivity index (χ1n) is 3.81. The molecule has 0 saturated carbocycles. The number of halogens is 1. The first-order chi connectivity index (χ1) is 6.27. The van der Waals surface area contributed by atoms with Gasteiger partial charge in [0.1, 0.15) is 12.4 Å². The molecule has 0 atom stereocenters. The molecule has 0 spiro atoms. The fraction of sp³-hybridized carbons (Fsp3) is 0.222. The molecule has 0 radical (unpaired) electrons. The first kappa shape index (κ1) is 9.86. The van der Waals surface area contributed by atoms with E-state index in [0.29, 0.717) is 35.8 Å². The lowest BCUT2D eigenvalue weighted by molar-refractivity contribution is 0.112. The Morgan fingerprint density at radius 2 is 2.31 bits per heavy atom. The smallest absolute Gasteiger partial charge is 0.153 e. The van der Waals surface area contributed by atoms with E-state index in [9.17, 15) is 4.79 Å². The van der Waals surface area contributed by atoms with Gasteiger partial charge in [-0.1, -0.05) is 0 Å². The number of carbonyl (C=O) groups excluding carboxylic acids is 1. The summed E-state index contributed by atoms with van der Waals surface area (Å²) in [6.45, 7) is 0.381. The van der Waals surface area contributed by atoms with Crippen molar-refractivity contribution in [1.82, 2.24) is 0 Å². The Bertz CT molecular complexity index is 302. The van der Waals surface area contributed by atoms with Crippen molar-refractivity contribution < 1.29 is 9.53 Å². The minimum Gasteiger partial charge on any atom is -0.492 e. The van der Waals surface area contributed by atoms with Crippen LogP contribution in [0, 0.1) is 0 Å². The number of anilines is 1. The van der Waals surface area contributed by atoms with Gasteiger partial charge in [0.05, 0.1) is 11.4 Å². The van der Waals surface area contributed by atoms with Crippen molar-refractivity contribution in [1.29, 1.82) is 0 Å². The molecule has 0 unspecified atom stereocenters. The molecule has 0 fully saturated rings. The van der Waals surface area contributed by atoms with Gasteiger partial charge in [0.15, 0.2) is 6.29 Å². The molecule has 13 heavy (non-hydrogen) atoms. The molecule has 4 heteroatoms. The Morgan fingerprint density at radius 1 is 1.54 bits per heavy atom. The molecule has 70 valence electrons. The molecule has 0 saturated heterocycles. The minimum atomic E-state index is 0.381. The summed E-state index contributed by atoms with van der Waals surface area (Å²) in [5.41, 5.74) is 6.48. The van der Waals surface area contributed by atoms with Crippen LogP contribution in [0.2, 0.25) is 0 Å². The van der Waals surface area contributed by atoms with Gasteiger partial charge in [-0.05, 0) is 18.2 Å². The van der Waals surface area contributed by atoms with Gasteiger partial charge in [-0.2, -0.15) is 0 Å². The van der Waals surface area contributed by atoms with Crippen molar-refractivity contribution in [2.75, 3.05) is 18.2 Å². The molecular weight excluding hydrogens is 190 g/mol. The van der Waals surface area contributed by atoms with Crippen LogP contribution in [-0.4, -0.2) is 18.8 Å². The first-order valence-corrected chi connectivity index (χ1v) is 4.35. The SMILES string of the molecule is Nc1ccc(OCCCl)c(C=O)c1. The van der Waals surface area contributed by atoms with Gasteiger partial charge in [-0.25, -0.2) is 0 Å². The molecule has 0 bridgehead atoms. The quantitative estimate of drug-likeness (QED) is 0.456. The summed E-state index contributed by atoms with van der Waals surface area (Å²) >= 11 is 5.44. The number of hydrogen-bond donors (Lipinski definition) is 1. The Hall–Kier alpha value is -1.22. The van der Waals surface area contributed by atoms with Crippen LogP contribution in [0.15, 0.2) is 18.2 Å². The maximum Gasteiger partial charge on any atom is 0.153 e. The van der Waals surface area contributed by atoms with Gasteiger partial charge in [0.2, 0.25) is 0 Å². The predicted molar refractivity (Wildman–Crippen MR) is 52.5 cm³/mol. The van der Waals surface area contributed by atoms with Gasteiger partial charge < -0.3 is 10.5 Å². The van der Waals surface area contributed by atoms with Crippen molar-refractivity contribution >= 4 is 23.6 Å². The van der Waals surface area contributed by atoms with Crippen molar-refractivity contribution in [3.05, 3.63) is 23.8 Å². The molecule has 3 nitrogen and oxygen atoms in total. The van der Waals surface area contributed by atoms with Gasteiger partial charge in [0, 0.05) is 5.69 Å². The van der Waals surface area contributed by atoms with Crippen LogP contribution >= 0.6 is 11.6 Å². The van der Waals surface area contributed by atoms with E-state index >= 15 is 0 Å². The normalized spacial score (nSPS) is 9.62. The Morgan fingerprint density at radius 3 is 2.92 bits per heavy atom. The number of aldehydes is 1. The maximum atomic E-state index is 10.6. The number of nitrogen functional groups attached to an aromatic ring is 1. The summed E-state index contributed by atoms with van der Waals surface area (Å²) in [4.78, 5) is 10.6. The third-order valence-electron chi connectivity index (χ3n) is 1.50. The van der Waals surface area contributed by atoms with E-state index < -0.39 is 0 Å². The highest BCUT2D eigenvalue weighted by Gasteiger charge is 2.02. The third-order valence-corrected chi connectivity index (χ3v) is 1.65. The summed E-state index contributed by atoms with van der Waals surface area (Å²) < 4.78 is 5.21. The summed E-state index contributed by atoms with van der Waals surface area (Å²) in [6, 6.07) is 4.90. The van der Waals surface area contributed by atoms with Crippen molar-refractivity contribution in [2.24, 2.45) is 0 Å². The van der Waals surface area contributed by atoms with Crippen molar-refractivity contribution in [3.8, 4) is 5.75 Å². The molecule has 0 aliphatic heterocycles. The van der Waals surface area contributed by atoms with Gasteiger partial charge >= 0.3 is 0 Å². The zero-order valence-electron chi connectivity index (χ0n) is 7.00. The molecule has 0 aliphatic rings. The molecule has 0 aromatic heterocycles. The number of benzene rings is 1. The van der Waals surface area contributed by atoms with E-state index in [4.69, 9.17) is 22.1 Å². The van der Waals surface area contributed by atoms with Crippen molar-refractivity contribution in [2.45, 2.75) is 0 Å². The zero-order valence-corrected chi connectivity index (χ0v) is 7.75. The van der Waals surface area contributed by atoms with Gasteiger partial charge in [0.25, 0.3) is 0 Å². The lowest BCUT2D eigenvalue weighted by Crippen LogP contribution is -2.01. The highest BCUT2D eigenvalue weighted by Crippen LogP contribution is 2.19. The highest BCUT2D eigenvalue weighted by atomic mass is 35.5. The Balaban J connectivity index is 2.86. The van der Waals surface area contributed by atoms with Gasteiger partial charge in [-0.3, -0.25) is 4.79 Å². The lowest BCUT2D eigenvalue weighted by atomic mass is 10.2. The van der Waals surface area contributed by atoms with E-state index in [0.717, 1.165) is 0 Å². The van der Waals surface area contributed by atoms with Crippen LogP contribution in [0.1, 0.15) is 10.4 Å². The standard InChI is InChI=1S/C9H10ClNO2/c10-3-4-13-9-2-1-8(11)5-7(9)6-12/h1-2,5-6H,3-4,11H2. The summed E-state index contributed by atoms with van der Waals surface area (Å²) in [5, 5.41) is 0. The zero-order chi connectivity index (χ0) is 9.68. The molecule has 0 heterocycles. The van der Waals surface area contributed by atoms with E-state index in [1.807, 2.05) is 0 Å². The average Bonchev–Trinajstić information content (AvgIpc) is 2.16. The molecule has 0 amide bonds. The molecule has 2 N–H and O–H groups in total. The van der Waals surface area contributed by atoms with Gasteiger partial charge in [-0.15, -0.1) is 11.6 Å². The highest BCUT2D eigenvalue weighted by molar-refractivity contribution is 6.18. The van der Waals surface area contributed by atoms with Crippen LogP contribution in [-0.2, 0) is 0 Å². The summed E-state index contributed by atoms with van der Waals surface area (Å²) in [6.07, 6.45) is 0.708. The maximum absolute atomic E-state index is 10.6. The van der Waals surface area contributed by atoms with E-state index in [1.165, 1.54) is 0 Å². The molecule has 1 aromatic carbocycles. The number of ether oxygens (including phenoxy) is 1. The molecular formula is C9H10ClNO2. The fourth-order valence-electron chi connectivity index (χ4n) is 0.939. The third kappa shape index (κ3) is 2.63. The lowest BCUT2D eigenvalue weighted by Gasteiger charge is -2.06. The molecule has 1 rings (SSSR count). The van der Waals surface area contributed by atoms with Crippen molar-refractivity contribution in [3.63, 3.8) is 0 Å². The summed E-state index contributed by atoms with van der Waals surface area (Å²) in [5.74, 6) is 0.910. The number of hydrogen-bond acceptors (Lipinski definition) is 3. The number of rotatable bonds is 4. The predicted octanol–water partition coefficient (Wildman–Crippen LogP) is 1.70. The monoisotopic (exact) mass is 199 g/mol. The Kier molecular flexibility index (Phi) is 3.58. The molecule has 0 aliphatic carbocycles. The second-order valence-corrected chi connectivity index (χ2v) is 2.83. The van der Waals surface area contributed by atoms with Crippen LogP contribution < -0.4 is 10.5 Å². The van der Waals surface area contributed by atoms with Crippen LogP contribution in [0.3, 0.4) is 0 Å². The van der Waals surface area contributed by atoms with Crippen LogP contribution in [0.5, 0.6) is 5.75 Å². The number of carbonyl (C=O) groups is 1. The average molecular weight is 200 g/mol. The van der Waals surface area contributed by atoms with Crippen LogP contribution in [0.4, 0.5) is 5.69 Å². The summed E-state index contributed by atoms with van der Waals surface area (Å²) in [7, 11) is 0. The second kappa shape index (κ2) is 4.72. The second-order valence-electron chi connectivity index (χ2n) is 2.45. The fourth-order valence-corrected chi connectivity index (χ4v) is 1.02. The van der Waals surface area contributed by atoms with E-state index in [1.54, 1.807) is 18.2 Å². The minimum absolute atomic E-state index is 0.381. The van der Waals surface area contributed by atoms with Crippen LogP contribution in [0.25, 0.3) is 0 Å². The van der Waals surface area contributed by atoms with E-state index in [2.05, 4.69) is 0 Å². The number of alkyl halides is 1.